The molecule has 0 amide bonds. The van der Waals surface area contributed by atoms with E-state index in [-0.39, 0.29) is 6.10 Å². The molecular formula is C24H31NO2S. The number of thioether (sulfide) groups is 1. The van der Waals surface area contributed by atoms with E-state index in [4.69, 9.17) is 9.47 Å². The molecule has 2 aliphatic rings. The summed E-state index contributed by atoms with van der Waals surface area (Å²) in [6.45, 7) is 1.12. The molecule has 1 heterocycles. The quantitative estimate of drug-likeness (QED) is 0.634. The lowest BCUT2D eigenvalue weighted by atomic mass is 9.93. The van der Waals surface area contributed by atoms with Crippen LogP contribution >= 0.6 is 11.8 Å². The number of rotatable bonds is 7. The van der Waals surface area contributed by atoms with Crippen molar-refractivity contribution in [3.05, 3.63) is 59.7 Å². The molecule has 1 aliphatic carbocycles. The molecule has 2 aromatic carbocycles. The van der Waals surface area contributed by atoms with Gasteiger partial charge in [-0.15, -0.1) is 0 Å². The molecule has 1 atom stereocenters. The number of ether oxygens (including phenoxy) is 2. The van der Waals surface area contributed by atoms with Crippen LogP contribution in [-0.4, -0.2) is 30.7 Å². The number of nitrogens with one attached hydrogen (secondary N) is 1. The van der Waals surface area contributed by atoms with Crippen LogP contribution in [0.2, 0.25) is 0 Å². The Labute approximate surface area is 173 Å². The zero-order valence-corrected chi connectivity index (χ0v) is 17.5. The van der Waals surface area contributed by atoms with Gasteiger partial charge in [0.05, 0.1) is 6.10 Å². The third-order valence-electron chi connectivity index (χ3n) is 5.86. The average Bonchev–Trinajstić information content (AvgIpc) is 2.75. The summed E-state index contributed by atoms with van der Waals surface area (Å²) in [5, 5.41) is 3.67. The Balaban J connectivity index is 1.30. The fourth-order valence-electron chi connectivity index (χ4n) is 4.28. The summed E-state index contributed by atoms with van der Waals surface area (Å²) in [5.41, 5.74) is 2.54. The van der Waals surface area contributed by atoms with Crippen molar-refractivity contribution in [2.45, 2.75) is 56.8 Å². The van der Waals surface area contributed by atoms with Crippen molar-refractivity contribution >= 4 is 11.8 Å². The smallest absolute Gasteiger partial charge is 0.124 e. The van der Waals surface area contributed by atoms with Crippen LogP contribution in [0, 0.1) is 0 Å². The normalized spacial score (nSPS) is 24.2. The maximum absolute atomic E-state index is 6.32. The predicted octanol–water partition coefficient (Wildman–Crippen LogP) is 5.40. The van der Waals surface area contributed by atoms with Gasteiger partial charge in [0.25, 0.3) is 0 Å². The molecule has 0 spiro atoms. The molecule has 0 radical (unpaired) electrons. The van der Waals surface area contributed by atoms with Crippen LogP contribution in [0.1, 0.15) is 49.3 Å². The Morgan fingerprint density at radius 3 is 2.64 bits per heavy atom. The lowest BCUT2D eigenvalue weighted by molar-refractivity contribution is 0.139. The van der Waals surface area contributed by atoms with E-state index in [0.29, 0.717) is 12.1 Å². The fraction of sp³-hybridized carbons (Fsp3) is 0.500. The first kappa shape index (κ1) is 19.7. The zero-order chi connectivity index (χ0) is 19.2. The summed E-state index contributed by atoms with van der Waals surface area (Å²) in [6.07, 6.45) is 9.44. The van der Waals surface area contributed by atoms with Crippen LogP contribution in [0.15, 0.2) is 48.5 Å². The molecular weight excluding hydrogens is 366 g/mol. The lowest BCUT2D eigenvalue weighted by Gasteiger charge is -2.30. The minimum Gasteiger partial charge on any atom is -0.490 e. The predicted molar refractivity (Wildman–Crippen MR) is 118 cm³/mol. The molecule has 1 fully saturated rings. The first-order chi connectivity index (χ1) is 13.8. The Bertz CT molecular complexity index is 744. The molecule has 1 N–H and O–H groups in total. The van der Waals surface area contributed by atoms with Gasteiger partial charge in [0.2, 0.25) is 0 Å². The molecule has 150 valence electrons. The maximum atomic E-state index is 6.32. The first-order valence-electron chi connectivity index (χ1n) is 10.6. The molecule has 4 rings (SSSR count). The molecule has 2 aromatic rings. The molecule has 0 bridgehead atoms. The second kappa shape index (κ2) is 9.71. The molecule has 1 unspecified atom stereocenters. The van der Waals surface area contributed by atoms with E-state index in [1.165, 1.54) is 29.7 Å². The third kappa shape index (κ3) is 5.03. The van der Waals surface area contributed by atoms with Crippen LogP contribution in [0.5, 0.6) is 11.5 Å². The Kier molecular flexibility index (Phi) is 6.81. The van der Waals surface area contributed by atoms with Crippen molar-refractivity contribution in [2.24, 2.45) is 0 Å². The maximum Gasteiger partial charge on any atom is 0.124 e. The molecule has 3 nitrogen and oxygen atoms in total. The molecule has 4 heteroatoms. The summed E-state index contributed by atoms with van der Waals surface area (Å²) in [5.74, 6) is 3.20. The summed E-state index contributed by atoms with van der Waals surface area (Å²) >= 11 is 1.91. The van der Waals surface area contributed by atoms with Gasteiger partial charge >= 0.3 is 0 Å². The fourth-order valence-corrected chi connectivity index (χ4v) is 4.60. The largest absolute Gasteiger partial charge is 0.490 e. The van der Waals surface area contributed by atoms with E-state index in [2.05, 4.69) is 60.1 Å². The van der Waals surface area contributed by atoms with Gasteiger partial charge < -0.3 is 14.8 Å². The van der Waals surface area contributed by atoms with Crippen molar-refractivity contribution in [1.29, 1.82) is 0 Å². The molecule has 28 heavy (non-hydrogen) atoms. The summed E-state index contributed by atoms with van der Waals surface area (Å²) in [6, 6.07) is 17.6. The van der Waals surface area contributed by atoms with Crippen LogP contribution in [0.4, 0.5) is 0 Å². The van der Waals surface area contributed by atoms with Crippen molar-refractivity contribution < 1.29 is 9.47 Å². The van der Waals surface area contributed by atoms with Crippen LogP contribution in [-0.2, 0) is 6.42 Å². The van der Waals surface area contributed by atoms with Crippen LogP contribution in [0.3, 0.4) is 0 Å². The summed E-state index contributed by atoms with van der Waals surface area (Å²) in [4.78, 5) is 0. The number of hydrogen-bond acceptors (Lipinski definition) is 4. The van der Waals surface area contributed by atoms with E-state index < -0.39 is 0 Å². The number of aryl methyl sites for hydroxylation is 1. The monoisotopic (exact) mass is 397 g/mol. The second-order valence-corrected chi connectivity index (χ2v) is 8.85. The average molecular weight is 398 g/mol. The Morgan fingerprint density at radius 1 is 1.04 bits per heavy atom. The molecule has 1 saturated carbocycles. The standard InChI is InChI=1S/C24H31NO2S/c1-28-16-15-25-20-8-10-21(11-9-20)26-22-12-14-24-19(17-22)7-13-23(27-24)18-5-3-2-4-6-18/h2-6,12,14,17,20-21,23,25H,7-11,13,15-16H2,1H3. The highest BCUT2D eigenvalue weighted by Gasteiger charge is 2.24. The van der Waals surface area contributed by atoms with E-state index in [1.807, 2.05) is 11.8 Å². The van der Waals surface area contributed by atoms with Crippen molar-refractivity contribution in [3.63, 3.8) is 0 Å². The first-order valence-corrected chi connectivity index (χ1v) is 11.9. The molecule has 0 aromatic heterocycles. The van der Waals surface area contributed by atoms with Gasteiger partial charge in [-0.05, 0) is 74.1 Å². The summed E-state index contributed by atoms with van der Waals surface area (Å²) in [7, 11) is 0. The number of fused-ring (bicyclic) bond motifs is 1. The van der Waals surface area contributed by atoms with Crippen molar-refractivity contribution in [3.8, 4) is 11.5 Å². The van der Waals surface area contributed by atoms with Gasteiger partial charge in [-0.25, -0.2) is 0 Å². The second-order valence-electron chi connectivity index (χ2n) is 7.86. The van der Waals surface area contributed by atoms with Crippen molar-refractivity contribution in [2.75, 3.05) is 18.6 Å². The SMILES string of the molecule is CSCCNC1CCC(Oc2ccc3c(c2)CCC(c2ccccc2)O3)CC1. The van der Waals surface area contributed by atoms with Crippen molar-refractivity contribution in [1.82, 2.24) is 5.32 Å². The van der Waals surface area contributed by atoms with Crippen LogP contribution < -0.4 is 14.8 Å². The lowest BCUT2D eigenvalue weighted by Crippen LogP contribution is -2.37. The minimum absolute atomic E-state index is 0.161. The Morgan fingerprint density at radius 2 is 1.86 bits per heavy atom. The number of benzene rings is 2. The van der Waals surface area contributed by atoms with Gasteiger partial charge in [-0.1, -0.05) is 30.3 Å². The highest BCUT2D eigenvalue weighted by Crippen LogP contribution is 2.37. The Hall–Kier alpha value is -1.65. The molecule has 1 aliphatic heterocycles. The molecule has 0 saturated heterocycles. The highest BCUT2D eigenvalue weighted by atomic mass is 32.2. The van der Waals surface area contributed by atoms with Crippen LogP contribution in [0.25, 0.3) is 0 Å². The van der Waals surface area contributed by atoms with E-state index >= 15 is 0 Å². The third-order valence-corrected chi connectivity index (χ3v) is 6.48. The van der Waals surface area contributed by atoms with Gasteiger partial charge in [0, 0.05) is 18.3 Å². The van der Waals surface area contributed by atoms with Gasteiger partial charge in [-0.2, -0.15) is 11.8 Å². The van der Waals surface area contributed by atoms with Gasteiger partial charge in [-0.3, -0.25) is 0 Å². The van der Waals surface area contributed by atoms with E-state index in [1.54, 1.807) is 0 Å². The zero-order valence-electron chi connectivity index (χ0n) is 16.7. The van der Waals surface area contributed by atoms with E-state index in [9.17, 15) is 0 Å². The van der Waals surface area contributed by atoms with E-state index in [0.717, 1.165) is 43.7 Å². The highest BCUT2D eigenvalue weighted by molar-refractivity contribution is 7.98. The topological polar surface area (TPSA) is 30.5 Å². The number of hydrogen-bond donors (Lipinski definition) is 1. The summed E-state index contributed by atoms with van der Waals surface area (Å²) < 4.78 is 12.6. The minimum atomic E-state index is 0.161. The van der Waals surface area contributed by atoms with Gasteiger partial charge in [0.1, 0.15) is 17.6 Å². The van der Waals surface area contributed by atoms with Gasteiger partial charge in [0.15, 0.2) is 0 Å².